The largest absolute Gasteiger partial charge is 0.325 e. The molecule has 0 amide bonds. The number of halogens is 2. The van der Waals surface area contributed by atoms with E-state index >= 15 is 0 Å². The predicted molar refractivity (Wildman–Crippen MR) is 41.7 cm³/mol. The van der Waals surface area contributed by atoms with Crippen LogP contribution in [0.25, 0.3) is 0 Å². The average molecular weight is 197 g/mol. The Kier molecular flexibility index (Phi) is 12.5. The van der Waals surface area contributed by atoms with Gasteiger partial charge in [0.25, 0.3) is 0 Å². The maximum atomic E-state index is 9.93. The van der Waals surface area contributed by atoms with Crippen molar-refractivity contribution in [2.75, 3.05) is 6.16 Å². The molecule has 0 spiro atoms. The molecule has 2 N–H and O–H groups in total. The third-order valence-corrected chi connectivity index (χ3v) is 1.54. The molecule has 6 heteroatoms. The van der Waals surface area contributed by atoms with Crippen molar-refractivity contribution in [3.63, 3.8) is 0 Å². The second-order valence-corrected chi connectivity index (χ2v) is 3.16. The van der Waals surface area contributed by atoms with E-state index in [1.54, 1.807) is 6.92 Å². The van der Waals surface area contributed by atoms with E-state index in [-0.39, 0.29) is 31.0 Å². The minimum absolute atomic E-state index is 0. The van der Waals surface area contributed by atoms with Crippen molar-refractivity contribution >= 4 is 32.4 Å². The van der Waals surface area contributed by atoms with Crippen LogP contribution in [-0.4, -0.2) is 15.9 Å². The van der Waals surface area contributed by atoms with Gasteiger partial charge in [-0.3, -0.25) is 4.57 Å². The molecule has 0 bridgehead atoms. The fraction of sp³-hybridized carbons (Fsp3) is 1.00. The van der Waals surface area contributed by atoms with E-state index in [4.69, 9.17) is 9.79 Å². The van der Waals surface area contributed by atoms with E-state index < -0.39 is 7.60 Å². The van der Waals surface area contributed by atoms with E-state index in [9.17, 15) is 4.57 Å². The molecular formula is C3H11Cl2O3P. The molecule has 0 aliphatic heterocycles. The van der Waals surface area contributed by atoms with Crippen LogP contribution in [0.5, 0.6) is 0 Å². The zero-order chi connectivity index (χ0) is 5.91. The topological polar surface area (TPSA) is 57.5 Å². The summed E-state index contributed by atoms with van der Waals surface area (Å²) >= 11 is 0. The van der Waals surface area contributed by atoms with Gasteiger partial charge in [-0.15, -0.1) is 24.8 Å². The smallest absolute Gasteiger partial charge is 0.324 e. The lowest BCUT2D eigenvalue weighted by Crippen LogP contribution is -1.82. The van der Waals surface area contributed by atoms with Gasteiger partial charge in [0.15, 0.2) is 0 Å². The zero-order valence-corrected chi connectivity index (χ0v) is 7.51. The highest BCUT2D eigenvalue weighted by atomic mass is 35.5. The molecule has 3 nitrogen and oxygen atoms in total. The van der Waals surface area contributed by atoms with Gasteiger partial charge < -0.3 is 9.79 Å². The van der Waals surface area contributed by atoms with Crippen molar-refractivity contribution in [1.29, 1.82) is 0 Å². The Morgan fingerprint density at radius 3 is 1.67 bits per heavy atom. The van der Waals surface area contributed by atoms with Gasteiger partial charge in [-0.2, -0.15) is 0 Å². The van der Waals surface area contributed by atoms with Crippen LogP contribution in [0.2, 0.25) is 0 Å². The van der Waals surface area contributed by atoms with Gasteiger partial charge in [0.1, 0.15) is 0 Å². The average Bonchev–Trinajstić information content (AvgIpc) is 1.30. The van der Waals surface area contributed by atoms with Crippen LogP contribution in [0.3, 0.4) is 0 Å². The summed E-state index contributed by atoms with van der Waals surface area (Å²) in [5.41, 5.74) is 0. The number of rotatable bonds is 2. The fourth-order valence-electron chi connectivity index (χ4n) is 0.291. The maximum Gasteiger partial charge on any atom is 0.325 e. The van der Waals surface area contributed by atoms with Crippen LogP contribution in [0.4, 0.5) is 0 Å². The summed E-state index contributed by atoms with van der Waals surface area (Å²) in [6, 6.07) is 0. The highest BCUT2D eigenvalue weighted by Crippen LogP contribution is 2.34. The van der Waals surface area contributed by atoms with Crippen molar-refractivity contribution in [3.05, 3.63) is 0 Å². The molecule has 0 aromatic carbocycles. The van der Waals surface area contributed by atoms with E-state index in [0.717, 1.165) is 0 Å². The van der Waals surface area contributed by atoms with E-state index in [1.165, 1.54) is 0 Å². The zero-order valence-electron chi connectivity index (χ0n) is 4.98. The first kappa shape index (κ1) is 16.4. The molecule has 0 heterocycles. The van der Waals surface area contributed by atoms with E-state index in [1.807, 2.05) is 0 Å². The fourth-order valence-corrected chi connectivity index (χ4v) is 0.874. The van der Waals surface area contributed by atoms with Crippen LogP contribution >= 0.6 is 32.4 Å². The van der Waals surface area contributed by atoms with Crippen molar-refractivity contribution in [2.45, 2.75) is 13.3 Å². The second kappa shape index (κ2) is 6.84. The van der Waals surface area contributed by atoms with Crippen molar-refractivity contribution in [3.8, 4) is 0 Å². The first-order valence-corrected chi connectivity index (χ1v) is 3.90. The van der Waals surface area contributed by atoms with Gasteiger partial charge in [-0.25, -0.2) is 0 Å². The summed E-state index contributed by atoms with van der Waals surface area (Å²) in [6.07, 6.45) is 0.553. The maximum absolute atomic E-state index is 9.93. The van der Waals surface area contributed by atoms with Gasteiger partial charge >= 0.3 is 7.60 Å². The predicted octanol–water partition coefficient (Wildman–Crippen LogP) is 1.42. The monoisotopic (exact) mass is 196 g/mol. The molecule has 0 atom stereocenters. The molecule has 0 saturated carbocycles. The molecule has 0 aliphatic carbocycles. The van der Waals surface area contributed by atoms with Gasteiger partial charge in [0.2, 0.25) is 0 Å². The third kappa shape index (κ3) is 17.7. The SMILES string of the molecule is CCCP(=O)(O)O.Cl.Cl. The van der Waals surface area contributed by atoms with Gasteiger partial charge in [0.05, 0.1) is 0 Å². The Morgan fingerprint density at radius 1 is 1.33 bits per heavy atom. The Balaban J connectivity index is -0.000000180. The lowest BCUT2D eigenvalue weighted by molar-refractivity contribution is 0.372. The van der Waals surface area contributed by atoms with Crippen LogP contribution in [0.1, 0.15) is 13.3 Å². The molecular weight excluding hydrogens is 186 g/mol. The Hall–Kier alpha value is 0.730. The van der Waals surface area contributed by atoms with Crippen LogP contribution in [0.15, 0.2) is 0 Å². The summed E-state index contributed by atoms with van der Waals surface area (Å²) in [4.78, 5) is 16.3. The molecule has 0 aromatic heterocycles. The first-order valence-electron chi connectivity index (χ1n) is 2.11. The highest BCUT2D eigenvalue weighted by Gasteiger charge is 2.08. The summed E-state index contributed by atoms with van der Waals surface area (Å²) in [6.45, 7) is 1.74. The minimum atomic E-state index is -3.67. The van der Waals surface area contributed by atoms with Gasteiger partial charge in [-0.1, -0.05) is 6.92 Å². The van der Waals surface area contributed by atoms with Crippen molar-refractivity contribution in [2.24, 2.45) is 0 Å². The number of hydrogen-bond donors (Lipinski definition) is 2. The minimum Gasteiger partial charge on any atom is -0.324 e. The Morgan fingerprint density at radius 2 is 1.67 bits per heavy atom. The first-order chi connectivity index (χ1) is 3.06. The third-order valence-electron chi connectivity index (χ3n) is 0.515. The molecule has 0 rings (SSSR count). The molecule has 60 valence electrons. The molecule has 0 aromatic rings. The van der Waals surface area contributed by atoms with E-state index in [2.05, 4.69) is 0 Å². The summed E-state index contributed by atoms with van der Waals surface area (Å²) in [7, 11) is -3.67. The summed E-state index contributed by atoms with van der Waals surface area (Å²) in [5, 5.41) is 0. The lowest BCUT2D eigenvalue weighted by atomic mass is 10.6. The second-order valence-electron chi connectivity index (χ2n) is 1.39. The summed E-state index contributed by atoms with van der Waals surface area (Å²) in [5.74, 6) is 0. The van der Waals surface area contributed by atoms with E-state index in [0.29, 0.717) is 6.42 Å². The van der Waals surface area contributed by atoms with Crippen LogP contribution in [0, 0.1) is 0 Å². The molecule has 0 radical (unpaired) electrons. The van der Waals surface area contributed by atoms with Crippen molar-refractivity contribution in [1.82, 2.24) is 0 Å². The molecule has 9 heavy (non-hydrogen) atoms. The molecule has 0 unspecified atom stereocenters. The van der Waals surface area contributed by atoms with Crippen LogP contribution < -0.4 is 0 Å². The molecule has 0 fully saturated rings. The van der Waals surface area contributed by atoms with Crippen LogP contribution in [-0.2, 0) is 4.57 Å². The standard InChI is InChI=1S/C3H9O3P.2ClH/c1-2-3-7(4,5)6;;/h2-3H2,1H3,(H2,4,5,6);2*1H. The molecule has 0 aliphatic rings. The Bertz CT molecular complexity index is 91.1. The highest BCUT2D eigenvalue weighted by molar-refractivity contribution is 7.51. The Labute approximate surface area is 66.8 Å². The van der Waals surface area contributed by atoms with Crippen molar-refractivity contribution < 1.29 is 14.4 Å². The quantitative estimate of drug-likeness (QED) is 0.658. The number of hydrogen-bond acceptors (Lipinski definition) is 1. The molecule has 0 saturated heterocycles. The normalized spacial score (nSPS) is 9.22. The lowest BCUT2D eigenvalue weighted by Gasteiger charge is -1.96. The summed E-state index contributed by atoms with van der Waals surface area (Å²) < 4.78 is 9.93. The van der Waals surface area contributed by atoms with Gasteiger partial charge in [-0.05, 0) is 6.42 Å². The van der Waals surface area contributed by atoms with Gasteiger partial charge in [0, 0.05) is 6.16 Å².